The summed E-state index contributed by atoms with van der Waals surface area (Å²) in [5, 5.41) is 3.70. The molecular formula is C11H18F3N3O3. The van der Waals surface area contributed by atoms with E-state index in [1.807, 2.05) is 6.92 Å². The fourth-order valence-electron chi connectivity index (χ4n) is 1.31. The first-order valence-electron chi connectivity index (χ1n) is 6.09. The molecule has 0 aliphatic carbocycles. The van der Waals surface area contributed by atoms with E-state index in [0.717, 1.165) is 0 Å². The van der Waals surface area contributed by atoms with Crippen LogP contribution in [-0.2, 0) is 21.4 Å². The highest BCUT2D eigenvalue weighted by atomic mass is 19.4. The molecule has 116 valence electrons. The average Bonchev–Trinajstić information content (AvgIpc) is 2.80. The van der Waals surface area contributed by atoms with Gasteiger partial charge in [-0.2, -0.15) is 18.2 Å². The molecule has 0 bridgehead atoms. The summed E-state index contributed by atoms with van der Waals surface area (Å²) >= 11 is 0. The number of nitrogens with two attached hydrogens (primary N) is 1. The topological polar surface area (TPSA) is 83.4 Å². The van der Waals surface area contributed by atoms with Crippen molar-refractivity contribution in [3.63, 3.8) is 0 Å². The second kappa shape index (κ2) is 7.00. The SMILES string of the molecule is CCOCC(C)(N)c1noc(CCOCC(F)(F)F)n1. The van der Waals surface area contributed by atoms with Crippen molar-refractivity contribution >= 4 is 0 Å². The van der Waals surface area contributed by atoms with E-state index in [-0.39, 0.29) is 31.3 Å². The minimum atomic E-state index is -4.34. The first-order valence-corrected chi connectivity index (χ1v) is 6.09. The highest BCUT2D eigenvalue weighted by Gasteiger charge is 2.29. The number of ether oxygens (including phenoxy) is 2. The molecule has 1 aromatic heterocycles. The van der Waals surface area contributed by atoms with Crippen LogP contribution in [0, 0.1) is 0 Å². The van der Waals surface area contributed by atoms with Crippen LogP contribution in [0.5, 0.6) is 0 Å². The molecule has 1 rings (SSSR count). The zero-order valence-corrected chi connectivity index (χ0v) is 11.4. The van der Waals surface area contributed by atoms with Crippen molar-refractivity contribution in [2.45, 2.75) is 32.0 Å². The van der Waals surface area contributed by atoms with Gasteiger partial charge in [0.1, 0.15) is 12.1 Å². The van der Waals surface area contributed by atoms with Crippen molar-refractivity contribution in [2.75, 3.05) is 26.4 Å². The number of hydrogen-bond acceptors (Lipinski definition) is 6. The summed E-state index contributed by atoms with van der Waals surface area (Å²) in [6.07, 6.45) is -4.25. The maximum atomic E-state index is 11.9. The molecule has 0 fully saturated rings. The van der Waals surface area contributed by atoms with Crippen LogP contribution in [0.3, 0.4) is 0 Å². The van der Waals surface area contributed by atoms with Gasteiger partial charge in [-0.25, -0.2) is 0 Å². The van der Waals surface area contributed by atoms with Gasteiger partial charge in [-0.1, -0.05) is 5.16 Å². The molecule has 0 aromatic carbocycles. The lowest BCUT2D eigenvalue weighted by Gasteiger charge is -2.19. The maximum Gasteiger partial charge on any atom is 0.411 e. The summed E-state index contributed by atoms with van der Waals surface area (Å²) < 4.78 is 50.1. The lowest BCUT2D eigenvalue weighted by Crippen LogP contribution is -2.39. The fourth-order valence-corrected chi connectivity index (χ4v) is 1.31. The van der Waals surface area contributed by atoms with Gasteiger partial charge < -0.3 is 19.7 Å². The molecule has 0 spiro atoms. The van der Waals surface area contributed by atoms with Crippen LogP contribution in [0.4, 0.5) is 13.2 Å². The molecule has 0 aliphatic heterocycles. The van der Waals surface area contributed by atoms with Crippen LogP contribution >= 0.6 is 0 Å². The molecule has 1 unspecified atom stereocenters. The van der Waals surface area contributed by atoms with Crippen LogP contribution < -0.4 is 5.73 Å². The van der Waals surface area contributed by atoms with E-state index < -0.39 is 18.3 Å². The number of nitrogens with zero attached hydrogens (tertiary/aromatic N) is 2. The summed E-state index contributed by atoms with van der Waals surface area (Å²) in [7, 11) is 0. The van der Waals surface area contributed by atoms with Crippen molar-refractivity contribution in [1.82, 2.24) is 10.1 Å². The van der Waals surface area contributed by atoms with Gasteiger partial charge in [-0.3, -0.25) is 0 Å². The standard InChI is InChI=1S/C11H18F3N3O3/c1-3-18-6-10(2,15)9-16-8(20-17-9)4-5-19-7-11(12,13)14/h3-7,15H2,1-2H3. The lowest BCUT2D eigenvalue weighted by molar-refractivity contribution is -0.173. The van der Waals surface area contributed by atoms with Crippen LogP contribution in [0.2, 0.25) is 0 Å². The molecule has 0 saturated carbocycles. The Bertz CT molecular complexity index is 407. The predicted molar refractivity (Wildman–Crippen MR) is 62.9 cm³/mol. The molecule has 1 aromatic rings. The predicted octanol–water partition coefficient (Wildman–Crippen LogP) is 1.40. The average molecular weight is 297 g/mol. The molecule has 9 heteroatoms. The van der Waals surface area contributed by atoms with Gasteiger partial charge in [0.25, 0.3) is 0 Å². The monoisotopic (exact) mass is 297 g/mol. The third-order valence-corrected chi connectivity index (χ3v) is 2.31. The Morgan fingerprint density at radius 1 is 1.25 bits per heavy atom. The second-order valence-electron chi connectivity index (χ2n) is 4.48. The molecular weight excluding hydrogens is 279 g/mol. The highest BCUT2D eigenvalue weighted by Crippen LogP contribution is 2.16. The number of alkyl halides is 3. The smallest absolute Gasteiger partial charge is 0.379 e. The minimum absolute atomic E-state index is 0.0911. The van der Waals surface area contributed by atoms with Gasteiger partial charge in [-0.15, -0.1) is 0 Å². The molecule has 20 heavy (non-hydrogen) atoms. The van der Waals surface area contributed by atoms with E-state index in [1.165, 1.54) is 0 Å². The van der Waals surface area contributed by atoms with Gasteiger partial charge in [0, 0.05) is 6.61 Å². The quantitative estimate of drug-likeness (QED) is 0.730. The molecule has 0 radical (unpaired) electrons. The molecule has 0 aliphatic rings. The van der Waals surface area contributed by atoms with E-state index in [2.05, 4.69) is 14.9 Å². The summed E-state index contributed by atoms with van der Waals surface area (Å²) in [5.41, 5.74) is 5.05. The summed E-state index contributed by atoms with van der Waals surface area (Å²) in [6, 6.07) is 0. The van der Waals surface area contributed by atoms with Crippen LogP contribution in [0.15, 0.2) is 4.52 Å². The van der Waals surface area contributed by atoms with Crippen molar-refractivity contribution < 1.29 is 27.2 Å². The summed E-state index contributed by atoms with van der Waals surface area (Å²) in [5.74, 6) is 0.423. The first kappa shape index (κ1) is 16.9. The van der Waals surface area contributed by atoms with E-state index in [4.69, 9.17) is 15.0 Å². The maximum absolute atomic E-state index is 11.9. The second-order valence-corrected chi connectivity index (χ2v) is 4.48. The summed E-state index contributed by atoms with van der Waals surface area (Å²) in [4.78, 5) is 4.02. The molecule has 6 nitrogen and oxygen atoms in total. The van der Waals surface area contributed by atoms with Crippen LogP contribution in [0.25, 0.3) is 0 Å². The molecule has 2 N–H and O–H groups in total. The van der Waals surface area contributed by atoms with Gasteiger partial charge in [0.2, 0.25) is 5.89 Å². The molecule has 1 heterocycles. The number of aromatic nitrogens is 2. The Hall–Kier alpha value is -1.19. The normalized spacial score (nSPS) is 15.3. The summed E-state index contributed by atoms with van der Waals surface area (Å²) in [6.45, 7) is 2.77. The highest BCUT2D eigenvalue weighted by molar-refractivity contribution is 5.01. The molecule has 0 saturated heterocycles. The Morgan fingerprint density at radius 3 is 2.55 bits per heavy atom. The number of halogens is 3. The zero-order chi connectivity index (χ0) is 15.2. The van der Waals surface area contributed by atoms with Gasteiger partial charge in [0.05, 0.1) is 19.6 Å². The Morgan fingerprint density at radius 2 is 1.95 bits per heavy atom. The Balaban J connectivity index is 2.43. The van der Waals surface area contributed by atoms with Gasteiger partial charge >= 0.3 is 6.18 Å². The van der Waals surface area contributed by atoms with Crippen molar-refractivity contribution in [1.29, 1.82) is 0 Å². The Labute approximate surface area is 114 Å². The Kier molecular flexibility index (Phi) is 5.90. The molecule has 1 atom stereocenters. The van der Waals surface area contributed by atoms with Crippen molar-refractivity contribution in [2.24, 2.45) is 5.73 Å². The van der Waals surface area contributed by atoms with Gasteiger partial charge in [0.15, 0.2) is 5.82 Å². The van der Waals surface area contributed by atoms with E-state index in [0.29, 0.717) is 6.61 Å². The van der Waals surface area contributed by atoms with Crippen molar-refractivity contribution in [3.8, 4) is 0 Å². The minimum Gasteiger partial charge on any atom is -0.379 e. The zero-order valence-electron chi connectivity index (χ0n) is 11.4. The number of hydrogen-bond donors (Lipinski definition) is 1. The largest absolute Gasteiger partial charge is 0.411 e. The third kappa shape index (κ3) is 5.85. The van der Waals surface area contributed by atoms with E-state index in [1.54, 1.807) is 6.92 Å². The molecule has 0 amide bonds. The lowest BCUT2D eigenvalue weighted by atomic mass is 10.1. The first-order chi connectivity index (χ1) is 9.24. The fraction of sp³-hybridized carbons (Fsp3) is 0.818. The number of rotatable bonds is 8. The van der Waals surface area contributed by atoms with E-state index in [9.17, 15) is 13.2 Å². The third-order valence-electron chi connectivity index (χ3n) is 2.31. The van der Waals surface area contributed by atoms with Crippen molar-refractivity contribution in [3.05, 3.63) is 11.7 Å². The van der Waals surface area contributed by atoms with Crippen LogP contribution in [-0.4, -0.2) is 42.7 Å². The van der Waals surface area contributed by atoms with E-state index >= 15 is 0 Å². The van der Waals surface area contributed by atoms with Gasteiger partial charge in [-0.05, 0) is 13.8 Å². The van der Waals surface area contributed by atoms with Crippen LogP contribution in [0.1, 0.15) is 25.6 Å².